The third-order valence-electron chi connectivity index (χ3n) is 3.98. The number of aromatic nitrogens is 2. The average molecular weight is 406 g/mol. The lowest BCUT2D eigenvalue weighted by atomic mass is 10.2. The Hall–Kier alpha value is -4.14. The van der Waals surface area contributed by atoms with Crippen molar-refractivity contribution in [2.24, 2.45) is 0 Å². The molecule has 2 heterocycles. The first-order chi connectivity index (χ1) is 14.6. The van der Waals surface area contributed by atoms with Gasteiger partial charge in [0.2, 0.25) is 5.88 Å². The van der Waals surface area contributed by atoms with Gasteiger partial charge in [0.25, 0.3) is 5.91 Å². The van der Waals surface area contributed by atoms with Crippen LogP contribution in [-0.4, -0.2) is 35.6 Å². The van der Waals surface area contributed by atoms with Gasteiger partial charge in [-0.15, -0.1) is 0 Å². The number of nitrogens with zero attached hydrogens (tertiary/aromatic N) is 2. The number of para-hydroxylation sites is 1. The zero-order chi connectivity index (χ0) is 21.3. The number of urea groups is 1. The fourth-order valence-corrected chi connectivity index (χ4v) is 2.58. The van der Waals surface area contributed by atoms with Crippen LogP contribution < -0.4 is 26.0 Å². The Morgan fingerprint density at radius 2 is 1.77 bits per heavy atom. The molecule has 3 aromatic rings. The second-order valence-electron chi connectivity index (χ2n) is 6.13. The van der Waals surface area contributed by atoms with Crippen molar-refractivity contribution in [1.29, 1.82) is 0 Å². The number of anilines is 4. The van der Waals surface area contributed by atoms with Crippen molar-refractivity contribution in [3.05, 3.63) is 66.5 Å². The maximum Gasteiger partial charge on any atom is 0.320 e. The molecule has 9 heteroatoms. The van der Waals surface area contributed by atoms with Crippen molar-refractivity contribution in [1.82, 2.24) is 15.3 Å². The standard InChI is InChI=1S/C21H22N6O3/c1-3-22-21(29)27-18-11-17(25-14-7-5-4-6-8-14)16(13-23-18)20(28)26-15-9-10-19(30-2)24-12-15/h4-13H,3H2,1-2H3,(H,26,28)(H3,22,23,25,27,29). The summed E-state index contributed by atoms with van der Waals surface area (Å²) in [5, 5.41) is 11.3. The van der Waals surface area contributed by atoms with Gasteiger partial charge in [0.1, 0.15) is 5.82 Å². The van der Waals surface area contributed by atoms with Gasteiger partial charge in [-0.3, -0.25) is 10.1 Å². The number of methoxy groups -OCH3 is 1. The van der Waals surface area contributed by atoms with E-state index in [1.54, 1.807) is 18.2 Å². The number of carbonyl (C=O) groups excluding carboxylic acids is 2. The lowest BCUT2D eigenvalue weighted by Gasteiger charge is -2.14. The van der Waals surface area contributed by atoms with E-state index in [1.807, 2.05) is 37.3 Å². The summed E-state index contributed by atoms with van der Waals surface area (Å²) in [6, 6.07) is 13.9. The molecule has 0 radical (unpaired) electrons. The largest absolute Gasteiger partial charge is 0.481 e. The highest BCUT2D eigenvalue weighted by atomic mass is 16.5. The molecule has 2 aromatic heterocycles. The highest BCUT2D eigenvalue weighted by Crippen LogP contribution is 2.24. The summed E-state index contributed by atoms with van der Waals surface area (Å²) < 4.78 is 5.02. The highest BCUT2D eigenvalue weighted by Gasteiger charge is 2.15. The zero-order valence-electron chi connectivity index (χ0n) is 16.6. The number of pyridine rings is 2. The molecule has 0 bridgehead atoms. The Morgan fingerprint density at radius 3 is 2.43 bits per heavy atom. The molecule has 0 aliphatic carbocycles. The smallest absolute Gasteiger partial charge is 0.320 e. The third kappa shape index (κ3) is 5.44. The van der Waals surface area contributed by atoms with Gasteiger partial charge in [-0.05, 0) is 25.1 Å². The van der Waals surface area contributed by atoms with Crippen molar-refractivity contribution in [2.75, 3.05) is 29.6 Å². The summed E-state index contributed by atoms with van der Waals surface area (Å²) >= 11 is 0. The summed E-state index contributed by atoms with van der Waals surface area (Å²) in [6.07, 6.45) is 2.90. The van der Waals surface area contributed by atoms with Gasteiger partial charge in [0, 0.05) is 30.6 Å². The minimum absolute atomic E-state index is 0.302. The summed E-state index contributed by atoms with van der Waals surface area (Å²) in [5.41, 5.74) is 2.09. The van der Waals surface area contributed by atoms with Gasteiger partial charge in [-0.1, -0.05) is 18.2 Å². The summed E-state index contributed by atoms with van der Waals surface area (Å²) in [7, 11) is 1.52. The summed E-state index contributed by atoms with van der Waals surface area (Å²) in [4.78, 5) is 32.9. The summed E-state index contributed by atoms with van der Waals surface area (Å²) in [6.45, 7) is 2.30. The molecular weight excluding hydrogens is 384 g/mol. The predicted octanol–water partition coefficient (Wildman–Crippen LogP) is 3.62. The third-order valence-corrected chi connectivity index (χ3v) is 3.98. The molecule has 3 rings (SSSR count). The molecule has 1 aromatic carbocycles. The zero-order valence-corrected chi connectivity index (χ0v) is 16.6. The van der Waals surface area contributed by atoms with Crippen LogP contribution in [0.1, 0.15) is 17.3 Å². The molecule has 9 nitrogen and oxygen atoms in total. The molecule has 4 N–H and O–H groups in total. The molecular formula is C21H22N6O3. The fraction of sp³-hybridized carbons (Fsp3) is 0.143. The van der Waals surface area contributed by atoms with Crippen LogP contribution in [0.5, 0.6) is 5.88 Å². The number of ether oxygens (including phenoxy) is 1. The average Bonchev–Trinajstić information content (AvgIpc) is 2.75. The number of rotatable bonds is 7. The Kier molecular flexibility index (Phi) is 6.78. The van der Waals surface area contributed by atoms with Crippen molar-refractivity contribution in [2.45, 2.75) is 6.92 Å². The summed E-state index contributed by atoms with van der Waals surface area (Å²) in [5.74, 6) is 0.376. The predicted molar refractivity (Wildman–Crippen MR) is 115 cm³/mol. The first-order valence-corrected chi connectivity index (χ1v) is 9.27. The van der Waals surface area contributed by atoms with Gasteiger partial charge < -0.3 is 20.7 Å². The van der Waals surface area contributed by atoms with Gasteiger partial charge in [0.05, 0.1) is 30.2 Å². The van der Waals surface area contributed by atoms with Gasteiger partial charge in [-0.2, -0.15) is 0 Å². The maximum absolute atomic E-state index is 12.9. The number of hydrogen-bond acceptors (Lipinski definition) is 6. The minimum atomic E-state index is -0.378. The molecule has 0 fully saturated rings. The normalized spacial score (nSPS) is 10.1. The molecule has 0 aliphatic heterocycles. The lowest BCUT2D eigenvalue weighted by molar-refractivity contribution is 0.102. The topological polar surface area (TPSA) is 117 Å². The number of amides is 3. The van der Waals surface area contributed by atoms with Crippen LogP contribution in [0.15, 0.2) is 60.9 Å². The number of carbonyl (C=O) groups is 2. The van der Waals surface area contributed by atoms with Gasteiger partial charge >= 0.3 is 6.03 Å². The van der Waals surface area contributed by atoms with E-state index in [2.05, 4.69) is 31.2 Å². The van der Waals surface area contributed by atoms with Crippen LogP contribution in [0.4, 0.5) is 27.7 Å². The van der Waals surface area contributed by atoms with E-state index in [0.29, 0.717) is 35.2 Å². The second-order valence-corrected chi connectivity index (χ2v) is 6.13. The Balaban J connectivity index is 1.86. The van der Waals surface area contributed by atoms with E-state index >= 15 is 0 Å². The molecule has 3 amide bonds. The van der Waals surface area contributed by atoms with Crippen molar-refractivity contribution in [3.63, 3.8) is 0 Å². The van der Waals surface area contributed by atoms with Crippen LogP contribution >= 0.6 is 0 Å². The van der Waals surface area contributed by atoms with E-state index in [1.165, 1.54) is 19.5 Å². The Bertz CT molecular complexity index is 1010. The number of nitrogens with one attached hydrogen (secondary N) is 4. The minimum Gasteiger partial charge on any atom is -0.481 e. The maximum atomic E-state index is 12.9. The molecule has 0 atom stereocenters. The molecule has 0 spiro atoms. The van der Waals surface area contributed by atoms with E-state index in [9.17, 15) is 9.59 Å². The van der Waals surface area contributed by atoms with E-state index in [-0.39, 0.29) is 11.9 Å². The molecule has 0 unspecified atom stereocenters. The quantitative estimate of drug-likeness (QED) is 0.476. The SMILES string of the molecule is CCNC(=O)Nc1cc(Nc2ccccc2)c(C(=O)Nc2ccc(OC)nc2)cn1. The first kappa shape index (κ1) is 20.6. The van der Waals surface area contributed by atoms with Crippen molar-refractivity contribution < 1.29 is 14.3 Å². The Morgan fingerprint density at radius 1 is 0.967 bits per heavy atom. The van der Waals surface area contributed by atoms with Crippen LogP contribution in [-0.2, 0) is 0 Å². The van der Waals surface area contributed by atoms with Crippen LogP contribution in [0.2, 0.25) is 0 Å². The molecule has 0 saturated heterocycles. The molecule has 0 aliphatic rings. The molecule has 30 heavy (non-hydrogen) atoms. The van der Waals surface area contributed by atoms with E-state index in [0.717, 1.165) is 5.69 Å². The van der Waals surface area contributed by atoms with Gasteiger partial charge in [0.15, 0.2) is 0 Å². The Labute approximate surface area is 173 Å². The second kappa shape index (κ2) is 9.87. The van der Waals surface area contributed by atoms with Crippen LogP contribution in [0.25, 0.3) is 0 Å². The fourth-order valence-electron chi connectivity index (χ4n) is 2.58. The lowest BCUT2D eigenvalue weighted by Crippen LogP contribution is -2.28. The van der Waals surface area contributed by atoms with E-state index < -0.39 is 0 Å². The van der Waals surface area contributed by atoms with E-state index in [4.69, 9.17) is 4.74 Å². The van der Waals surface area contributed by atoms with Crippen LogP contribution in [0, 0.1) is 0 Å². The number of benzene rings is 1. The molecule has 154 valence electrons. The monoisotopic (exact) mass is 406 g/mol. The van der Waals surface area contributed by atoms with Crippen molar-refractivity contribution in [3.8, 4) is 5.88 Å². The first-order valence-electron chi connectivity index (χ1n) is 9.27. The number of hydrogen-bond donors (Lipinski definition) is 4. The van der Waals surface area contributed by atoms with Crippen molar-refractivity contribution >= 4 is 34.8 Å². The van der Waals surface area contributed by atoms with Gasteiger partial charge in [-0.25, -0.2) is 14.8 Å². The van der Waals surface area contributed by atoms with Crippen LogP contribution in [0.3, 0.4) is 0 Å². The highest BCUT2D eigenvalue weighted by molar-refractivity contribution is 6.08. The molecule has 0 saturated carbocycles.